The van der Waals surface area contributed by atoms with Gasteiger partial charge in [-0.1, -0.05) is 55.8 Å². The first-order valence-electron chi connectivity index (χ1n) is 11.4. The monoisotopic (exact) mass is 467 g/mol. The third kappa shape index (κ3) is 6.44. The normalized spacial score (nSPS) is 15.1. The van der Waals surface area contributed by atoms with Crippen LogP contribution in [0.25, 0.3) is 5.82 Å². The van der Waals surface area contributed by atoms with E-state index in [1.807, 2.05) is 41.1 Å². The zero-order chi connectivity index (χ0) is 23.0. The molecular formula is C24H30ClN7O. The molecule has 3 N–H and O–H groups in total. The number of amides is 1. The zero-order valence-electron chi connectivity index (χ0n) is 18.8. The first-order chi connectivity index (χ1) is 16.1. The molecule has 1 unspecified atom stereocenters. The Hall–Kier alpha value is -3.13. The summed E-state index contributed by atoms with van der Waals surface area (Å²) in [4.78, 5) is 26.4. The average Bonchev–Trinajstić information content (AvgIpc) is 3.39. The van der Waals surface area contributed by atoms with Gasteiger partial charge in [0, 0.05) is 37.1 Å². The number of carbonyl (C=O) groups is 1. The summed E-state index contributed by atoms with van der Waals surface area (Å²) in [5, 5.41) is 10.1. The Bertz CT molecular complexity index is 1030. The van der Waals surface area contributed by atoms with Gasteiger partial charge in [0.25, 0.3) is 0 Å². The summed E-state index contributed by atoms with van der Waals surface area (Å²) in [7, 11) is 1.77. The van der Waals surface area contributed by atoms with E-state index in [-0.39, 0.29) is 5.91 Å². The summed E-state index contributed by atoms with van der Waals surface area (Å²) in [5.41, 5.74) is 1.01. The minimum atomic E-state index is -0.393. The van der Waals surface area contributed by atoms with Gasteiger partial charge in [-0.15, -0.1) is 0 Å². The second-order valence-electron chi connectivity index (χ2n) is 8.44. The van der Waals surface area contributed by atoms with Crippen LogP contribution in [-0.2, 0) is 11.3 Å². The Balaban J connectivity index is 1.51. The summed E-state index contributed by atoms with van der Waals surface area (Å²) in [5.74, 6) is 2.23. The molecular weight excluding hydrogens is 438 g/mol. The largest absolute Gasteiger partial charge is 0.358 e. The molecule has 3 aromatic rings. The third-order valence-electron chi connectivity index (χ3n) is 6.02. The smallest absolute Gasteiger partial charge is 0.242 e. The van der Waals surface area contributed by atoms with Crippen LogP contribution < -0.4 is 16.0 Å². The highest BCUT2D eigenvalue weighted by Gasteiger charge is 2.25. The lowest BCUT2D eigenvalue weighted by Gasteiger charge is -2.27. The van der Waals surface area contributed by atoms with Crippen LogP contribution in [0.2, 0.25) is 5.02 Å². The van der Waals surface area contributed by atoms with Crippen molar-refractivity contribution in [1.82, 2.24) is 24.8 Å². The summed E-state index contributed by atoms with van der Waals surface area (Å²) >= 11 is 5.98. The predicted octanol–water partition coefficient (Wildman–Crippen LogP) is 4.42. The number of nitrogens with one attached hydrogen (secondary N) is 3. The van der Waals surface area contributed by atoms with Gasteiger partial charge in [0.05, 0.1) is 0 Å². The molecule has 2 aromatic heterocycles. The molecule has 4 rings (SSSR count). The summed E-state index contributed by atoms with van der Waals surface area (Å²) in [6.07, 6.45) is 12.0. The average molecular weight is 468 g/mol. The molecule has 1 fully saturated rings. The van der Waals surface area contributed by atoms with E-state index in [0.29, 0.717) is 35.1 Å². The van der Waals surface area contributed by atoms with Crippen molar-refractivity contribution < 1.29 is 4.79 Å². The fourth-order valence-corrected chi connectivity index (χ4v) is 4.35. The summed E-state index contributed by atoms with van der Waals surface area (Å²) < 4.78 is 1.81. The van der Waals surface area contributed by atoms with Crippen LogP contribution >= 0.6 is 11.6 Å². The molecule has 9 heteroatoms. The third-order valence-corrected chi connectivity index (χ3v) is 6.27. The van der Waals surface area contributed by atoms with Gasteiger partial charge in [-0.25, -0.2) is 4.98 Å². The van der Waals surface area contributed by atoms with Crippen LogP contribution in [0.15, 0.2) is 49.1 Å². The zero-order valence-corrected chi connectivity index (χ0v) is 19.6. The molecule has 33 heavy (non-hydrogen) atoms. The van der Waals surface area contributed by atoms with Gasteiger partial charge < -0.3 is 16.0 Å². The van der Waals surface area contributed by atoms with Gasteiger partial charge in [-0.3, -0.25) is 9.36 Å². The quantitative estimate of drug-likeness (QED) is 0.431. The molecule has 8 nitrogen and oxygen atoms in total. The first-order valence-corrected chi connectivity index (χ1v) is 11.8. The molecule has 174 valence electrons. The van der Waals surface area contributed by atoms with E-state index in [0.717, 1.165) is 24.8 Å². The van der Waals surface area contributed by atoms with Crippen molar-refractivity contribution in [3.63, 3.8) is 0 Å². The highest BCUT2D eigenvalue weighted by Crippen LogP contribution is 2.28. The number of nitrogens with zero attached hydrogens (tertiary/aromatic N) is 4. The van der Waals surface area contributed by atoms with Gasteiger partial charge in [0.1, 0.15) is 24.0 Å². The van der Waals surface area contributed by atoms with Gasteiger partial charge in [0.15, 0.2) is 0 Å². The van der Waals surface area contributed by atoms with Gasteiger partial charge >= 0.3 is 0 Å². The lowest BCUT2D eigenvalue weighted by Crippen LogP contribution is -2.41. The van der Waals surface area contributed by atoms with E-state index in [2.05, 4.69) is 30.9 Å². The fraction of sp³-hybridized carbons (Fsp3) is 0.417. The minimum Gasteiger partial charge on any atom is -0.358 e. The highest BCUT2D eigenvalue weighted by atomic mass is 35.5. The minimum absolute atomic E-state index is 0.0377. The van der Waals surface area contributed by atoms with E-state index in [9.17, 15) is 4.79 Å². The van der Waals surface area contributed by atoms with Gasteiger partial charge in [0.2, 0.25) is 11.9 Å². The van der Waals surface area contributed by atoms with Gasteiger partial charge in [-0.2, -0.15) is 9.97 Å². The number of aromatic nitrogens is 4. The van der Waals surface area contributed by atoms with Crippen molar-refractivity contribution in [1.29, 1.82) is 0 Å². The maximum absolute atomic E-state index is 13.3. The molecule has 1 aromatic carbocycles. The Labute approximate surface area is 199 Å². The van der Waals surface area contributed by atoms with E-state index >= 15 is 0 Å². The Morgan fingerprint density at radius 3 is 2.67 bits per heavy atom. The van der Waals surface area contributed by atoms with Crippen LogP contribution in [0.3, 0.4) is 0 Å². The fourth-order valence-electron chi connectivity index (χ4n) is 4.23. The number of anilines is 2. The van der Waals surface area contributed by atoms with Crippen molar-refractivity contribution >= 4 is 29.3 Å². The first kappa shape index (κ1) is 23.0. The van der Waals surface area contributed by atoms with Crippen molar-refractivity contribution in [2.75, 3.05) is 17.7 Å². The highest BCUT2D eigenvalue weighted by molar-refractivity contribution is 6.30. The molecule has 0 radical (unpaired) electrons. The molecule has 1 atom stereocenters. The maximum atomic E-state index is 13.3. The second-order valence-corrected chi connectivity index (χ2v) is 8.87. The second kappa shape index (κ2) is 11.1. The predicted molar refractivity (Wildman–Crippen MR) is 131 cm³/mol. The Kier molecular flexibility index (Phi) is 7.78. The number of hydrogen-bond donors (Lipinski definition) is 3. The molecule has 0 spiro atoms. The summed E-state index contributed by atoms with van der Waals surface area (Å²) in [6.45, 7) is 0.449. The van der Waals surface area contributed by atoms with Crippen LogP contribution in [0.4, 0.5) is 11.8 Å². The van der Waals surface area contributed by atoms with E-state index in [1.165, 1.54) is 19.3 Å². The lowest BCUT2D eigenvalue weighted by molar-refractivity contribution is -0.122. The lowest BCUT2D eigenvalue weighted by atomic mass is 9.84. The van der Waals surface area contributed by atoms with Crippen molar-refractivity contribution in [2.24, 2.45) is 5.92 Å². The number of imidazole rings is 1. The van der Waals surface area contributed by atoms with Crippen LogP contribution in [0.1, 0.15) is 44.1 Å². The molecule has 2 heterocycles. The Morgan fingerprint density at radius 1 is 1.18 bits per heavy atom. The Morgan fingerprint density at radius 2 is 1.97 bits per heavy atom. The molecule has 1 aliphatic carbocycles. The molecule has 0 saturated heterocycles. The molecule has 1 saturated carbocycles. The van der Waals surface area contributed by atoms with E-state index in [4.69, 9.17) is 11.6 Å². The molecule has 0 aliphatic heterocycles. The molecule has 1 amide bonds. The SMILES string of the molecule is CNc1nc(NC(CC2CCCCC2)C(=O)NCc2ccc(Cl)cc2)cc(-n2ccnc2)n1. The topological polar surface area (TPSA) is 96.8 Å². The van der Waals surface area contributed by atoms with Crippen molar-refractivity contribution in [3.8, 4) is 5.82 Å². The van der Waals surface area contributed by atoms with Crippen LogP contribution in [-0.4, -0.2) is 38.5 Å². The number of halogens is 1. The van der Waals surface area contributed by atoms with Crippen molar-refractivity contribution in [2.45, 2.75) is 51.1 Å². The number of rotatable bonds is 9. The molecule has 0 bridgehead atoms. The van der Waals surface area contributed by atoms with E-state index < -0.39 is 6.04 Å². The number of carbonyl (C=O) groups excluding carboxylic acids is 1. The van der Waals surface area contributed by atoms with E-state index in [1.54, 1.807) is 19.6 Å². The van der Waals surface area contributed by atoms with Crippen LogP contribution in [0, 0.1) is 5.92 Å². The van der Waals surface area contributed by atoms with Crippen LogP contribution in [0.5, 0.6) is 0 Å². The number of hydrogen-bond acceptors (Lipinski definition) is 6. The maximum Gasteiger partial charge on any atom is 0.242 e. The van der Waals surface area contributed by atoms with Gasteiger partial charge in [-0.05, 0) is 30.0 Å². The van der Waals surface area contributed by atoms with Crippen molar-refractivity contribution in [3.05, 3.63) is 59.6 Å². The summed E-state index contributed by atoms with van der Waals surface area (Å²) in [6, 6.07) is 8.95. The number of benzene rings is 1. The molecule has 1 aliphatic rings. The standard InChI is InChI=1S/C24H30ClN7O/c1-26-24-30-21(14-22(31-24)32-12-11-27-16-32)29-20(13-17-5-3-2-4-6-17)23(33)28-15-18-7-9-19(25)10-8-18/h7-12,14,16-17,20H,2-6,13,15H2,1H3,(H,28,33)(H2,26,29,30,31).